The Kier molecular flexibility index (Phi) is 10.1. The van der Waals surface area contributed by atoms with Gasteiger partial charge in [0.1, 0.15) is 18.3 Å². The Hall–Kier alpha value is -2.29. The standard InChI is InChI=1S/C30H41NO6/c1-5-6-17-33-29-21(3)26(27-25(36-29)19-34-30(37-27)24-15-11-8-12-16-24)35-22(4)28(32)31-20(2)18-23-13-9-7-10-14-23/h7-16,20-22,25-27,29-30H,5-6,17-19H2,1-4H3,(H,31,32)/t20-,21?,22-,25?,26+,27+,29-,30?/m0/s1. The first-order chi connectivity index (χ1) is 18.0. The first kappa shape index (κ1) is 27.7. The van der Waals surface area contributed by atoms with E-state index in [9.17, 15) is 4.79 Å². The molecule has 0 aromatic heterocycles. The van der Waals surface area contributed by atoms with E-state index in [1.54, 1.807) is 6.92 Å². The normalized spacial score (nSPS) is 29.2. The van der Waals surface area contributed by atoms with E-state index in [2.05, 4.69) is 24.4 Å². The predicted molar refractivity (Wildman–Crippen MR) is 141 cm³/mol. The van der Waals surface area contributed by atoms with E-state index in [4.69, 9.17) is 23.7 Å². The Bertz CT molecular complexity index is 957. The van der Waals surface area contributed by atoms with Gasteiger partial charge in [0.2, 0.25) is 5.91 Å². The average Bonchev–Trinajstić information content (AvgIpc) is 2.91. The van der Waals surface area contributed by atoms with Crippen molar-refractivity contribution in [1.29, 1.82) is 0 Å². The molecule has 2 saturated heterocycles. The fraction of sp³-hybridized carbons (Fsp3) is 0.567. The van der Waals surface area contributed by atoms with Crippen LogP contribution in [0, 0.1) is 5.92 Å². The number of hydrogen-bond donors (Lipinski definition) is 1. The van der Waals surface area contributed by atoms with Crippen LogP contribution in [-0.2, 0) is 34.9 Å². The zero-order valence-corrected chi connectivity index (χ0v) is 22.4. The van der Waals surface area contributed by atoms with Crippen LogP contribution < -0.4 is 5.32 Å². The van der Waals surface area contributed by atoms with Crippen molar-refractivity contribution in [3.8, 4) is 0 Å². The molecule has 8 atom stereocenters. The first-order valence-electron chi connectivity index (χ1n) is 13.5. The zero-order chi connectivity index (χ0) is 26.2. The van der Waals surface area contributed by atoms with Crippen LogP contribution in [0.2, 0.25) is 0 Å². The number of unbranched alkanes of at least 4 members (excludes halogenated alkanes) is 1. The molecule has 37 heavy (non-hydrogen) atoms. The molecule has 2 aliphatic rings. The molecule has 1 N–H and O–H groups in total. The number of nitrogens with one attached hydrogen (secondary N) is 1. The van der Waals surface area contributed by atoms with Gasteiger partial charge in [-0.15, -0.1) is 0 Å². The molecular weight excluding hydrogens is 470 g/mol. The monoisotopic (exact) mass is 511 g/mol. The predicted octanol–water partition coefficient (Wildman–Crippen LogP) is 4.80. The highest BCUT2D eigenvalue weighted by Gasteiger charge is 2.50. The summed E-state index contributed by atoms with van der Waals surface area (Å²) in [7, 11) is 0. The van der Waals surface area contributed by atoms with E-state index < -0.39 is 30.9 Å². The molecule has 2 aromatic rings. The summed E-state index contributed by atoms with van der Waals surface area (Å²) in [5.74, 6) is -0.279. The highest BCUT2D eigenvalue weighted by molar-refractivity contribution is 5.80. The van der Waals surface area contributed by atoms with E-state index in [1.807, 2.05) is 62.4 Å². The maximum atomic E-state index is 13.1. The Balaban J connectivity index is 1.43. The molecule has 202 valence electrons. The SMILES string of the molecule is CCCCO[C@H]1OC2COC(c3ccccc3)O[C@H]2[C@H](O[C@@H](C)C(=O)N[C@@H](C)Cc2ccccc2)C1C. The molecule has 0 bridgehead atoms. The van der Waals surface area contributed by atoms with E-state index in [-0.39, 0.29) is 24.0 Å². The molecule has 7 heteroatoms. The van der Waals surface area contributed by atoms with E-state index in [1.165, 1.54) is 5.56 Å². The van der Waals surface area contributed by atoms with Gasteiger partial charge in [-0.25, -0.2) is 0 Å². The van der Waals surface area contributed by atoms with Gasteiger partial charge in [-0.3, -0.25) is 4.79 Å². The number of ether oxygens (including phenoxy) is 5. The third-order valence-corrected chi connectivity index (χ3v) is 6.99. The van der Waals surface area contributed by atoms with Crippen LogP contribution in [0.15, 0.2) is 60.7 Å². The number of carbonyl (C=O) groups excluding carboxylic acids is 1. The molecule has 4 rings (SSSR count). The van der Waals surface area contributed by atoms with Gasteiger partial charge in [0.05, 0.1) is 12.7 Å². The lowest BCUT2D eigenvalue weighted by Crippen LogP contribution is -2.61. The van der Waals surface area contributed by atoms with Crippen LogP contribution in [0.1, 0.15) is 58.0 Å². The molecule has 2 aliphatic heterocycles. The van der Waals surface area contributed by atoms with Crippen LogP contribution in [0.4, 0.5) is 0 Å². The highest BCUT2D eigenvalue weighted by atomic mass is 16.7. The number of hydrogen-bond acceptors (Lipinski definition) is 6. The zero-order valence-electron chi connectivity index (χ0n) is 22.4. The van der Waals surface area contributed by atoms with Crippen LogP contribution in [0.25, 0.3) is 0 Å². The molecule has 7 nitrogen and oxygen atoms in total. The summed E-state index contributed by atoms with van der Waals surface area (Å²) in [5, 5.41) is 3.10. The Morgan fingerprint density at radius 1 is 1.05 bits per heavy atom. The average molecular weight is 512 g/mol. The topological polar surface area (TPSA) is 75.2 Å². The van der Waals surface area contributed by atoms with Gasteiger partial charge in [0, 0.05) is 24.1 Å². The summed E-state index contributed by atoms with van der Waals surface area (Å²) in [6.45, 7) is 8.94. The summed E-state index contributed by atoms with van der Waals surface area (Å²) in [6.07, 6.45) is -0.0267. The Labute approximate surface area is 220 Å². The maximum Gasteiger partial charge on any atom is 0.249 e. The second-order valence-electron chi connectivity index (χ2n) is 10.1. The van der Waals surface area contributed by atoms with Gasteiger partial charge in [0.15, 0.2) is 12.6 Å². The van der Waals surface area contributed by atoms with Crippen molar-refractivity contribution in [2.45, 2.75) is 90.0 Å². The summed E-state index contributed by atoms with van der Waals surface area (Å²) in [4.78, 5) is 13.1. The number of fused-ring (bicyclic) bond motifs is 1. The molecule has 2 fully saturated rings. The van der Waals surface area contributed by atoms with Crippen molar-refractivity contribution in [1.82, 2.24) is 5.32 Å². The quantitative estimate of drug-likeness (QED) is 0.437. The van der Waals surface area contributed by atoms with Crippen molar-refractivity contribution in [3.05, 3.63) is 71.8 Å². The van der Waals surface area contributed by atoms with E-state index >= 15 is 0 Å². The summed E-state index contributed by atoms with van der Waals surface area (Å²) in [6, 6.07) is 20.0. The molecule has 0 radical (unpaired) electrons. The van der Waals surface area contributed by atoms with Crippen LogP contribution in [-0.4, -0.2) is 55.9 Å². The van der Waals surface area contributed by atoms with Crippen molar-refractivity contribution < 1.29 is 28.5 Å². The third-order valence-electron chi connectivity index (χ3n) is 6.99. The molecule has 0 spiro atoms. The lowest BCUT2D eigenvalue weighted by molar-refractivity contribution is -0.358. The number of carbonyl (C=O) groups is 1. The number of benzene rings is 2. The van der Waals surface area contributed by atoms with Gasteiger partial charge in [0.25, 0.3) is 0 Å². The number of amides is 1. The Morgan fingerprint density at radius 3 is 2.46 bits per heavy atom. The van der Waals surface area contributed by atoms with Gasteiger partial charge in [-0.2, -0.15) is 0 Å². The van der Waals surface area contributed by atoms with Crippen LogP contribution in [0.5, 0.6) is 0 Å². The number of rotatable bonds is 11. The molecule has 0 aliphatic carbocycles. The smallest absolute Gasteiger partial charge is 0.249 e. The molecule has 2 aromatic carbocycles. The molecule has 3 unspecified atom stereocenters. The minimum atomic E-state index is -0.665. The largest absolute Gasteiger partial charge is 0.362 e. The van der Waals surface area contributed by atoms with Crippen molar-refractivity contribution in [2.75, 3.05) is 13.2 Å². The fourth-order valence-electron chi connectivity index (χ4n) is 4.90. The second-order valence-corrected chi connectivity index (χ2v) is 10.1. The molecule has 1 amide bonds. The molecule has 2 heterocycles. The van der Waals surface area contributed by atoms with Crippen molar-refractivity contribution in [3.63, 3.8) is 0 Å². The summed E-state index contributed by atoms with van der Waals surface area (Å²) < 4.78 is 31.3. The maximum absolute atomic E-state index is 13.1. The van der Waals surface area contributed by atoms with Crippen molar-refractivity contribution >= 4 is 5.91 Å². The van der Waals surface area contributed by atoms with Gasteiger partial charge in [-0.1, -0.05) is 80.9 Å². The minimum absolute atomic E-state index is 0.0206. The van der Waals surface area contributed by atoms with E-state index in [0.29, 0.717) is 13.2 Å². The molecular formula is C30H41NO6. The van der Waals surface area contributed by atoms with Gasteiger partial charge >= 0.3 is 0 Å². The summed E-state index contributed by atoms with van der Waals surface area (Å²) in [5.41, 5.74) is 2.12. The lowest BCUT2D eigenvalue weighted by Gasteiger charge is -2.49. The van der Waals surface area contributed by atoms with Crippen LogP contribution >= 0.6 is 0 Å². The third kappa shape index (κ3) is 7.39. The summed E-state index contributed by atoms with van der Waals surface area (Å²) >= 11 is 0. The van der Waals surface area contributed by atoms with Gasteiger partial charge < -0.3 is 29.0 Å². The van der Waals surface area contributed by atoms with Crippen molar-refractivity contribution in [2.24, 2.45) is 5.92 Å². The highest BCUT2D eigenvalue weighted by Crippen LogP contribution is 2.38. The van der Waals surface area contributed by atoms with E-state index in [0.717, 1.165) is 24.8 Å². The lowest BCUT2D eigenvalue weighted by atomic mass is 9.91. The van der Waals surface area contributed by atoms with Gasteiger partial charge in [-0.05, 0) is 32.3 Å². The minimum Gasteiger partial charge on any atom is -0.362 e. The Morgan fingerprint density at radius 2 is 1.76 bits per heavy atom. The molecule has 0 saturated carbocycles. The van der Waals surface area contributed by atoms with Crippen LogP contribution in [0.3, 0.4) is 0 Å². The fourth-order valence-corrected chi connectivity index (χ4v) is 4.90. The second kappa shape index (κ2) is 13.5. The first-order valence-corrected chi connectivity index (χ1v) is 13.5.